The molecule has 0 saturated heterocycles. The van der Waals surface area contributed by atoms with Crippen molar-refractivity contribution in [3.05, 3.63) is 29.3 Å². The summed E-state index contributed by atoms with van der Waals surface area (Å²) in [5, 5.41) is 8.85. The number of hydrogen-bond acceptors (Lipinski definition) is 2. The highest BCUT2D eigenvalue weighted by molar-refractivity contribution is 5.37. The first-order chi connectivity index (χ1) is 9.60. The summed E-state index contributed by atoms with van der Waals surface area (Å²) < 4.78 is 5.57. The van der Waals surface area contributed by atoms with E-state index in [9.17, 15) is 0 Å². The normalized spacial score (nSPS) is 14.1. The minimum absolute atomic E-state index is 0.0663. The van der Waals surface area contributed by atoms with Crippen molar-refractivity contribution < 1.29 is 9.84 Å². The van der Waals surface area contributed by atoms with Crippen LogP contribution in [0.25, 0.3) is 0 Å². The standard InChI is InChI=1S/C18H30O2/c1-5-14(3)11-15(4)12-16-7-8-18(20-10-9-19)17(6-2)13-16/h7-8,13-15,19H,5-6,9-12H2,1-4H3. The van der Waals surface area contributed by atoms with Gasteiger partial charge in [0.15, 0.2) is 0 Å². The minimum atomic E-state index is 0.0663. The molecule has 0 heterocycles. The van der Waals surface area contributed by atoms with E-state index in [1.165, 1.54) is 24.0 Å². The number of aliphatic hydroxyl groups is 1. The Bertz CT molecular complexity index is 387. The topological polar surface area (TPSA) is 29.5 Å². The number of benzene rings is 1. The molecule has 0 aliphatic heterocycles. The summed E-state index contributed by atoms with van der Waals surface area (Å²) in [6, 6.07) is 6.48. The van der Waals surface area contributed by atoms with Crippen molar-refractivity contribution in [2.45, 2.75) is 53.4 Å². The Morgan fingerprint density at radius 3 is 2.50 bits per heavy atom. The second-order valence-electron chi connectivity index (χ2n) is 5.93. The molecule has 1 aromatic rings. The largest absolute Gasteiger partial charge is 0.491 e. The van der Waals surface area contributed by atoms with E-state index < -0.39 is 0 Å². The first kappa shape index (κ1) is 17.0. The van der Waals surface area contributed by atoms with Crippen molar-refractivity contribution in [1.29, 1.82) is 0 Å². The van der Waals surface area contributed by atoms with Gasteiger partial charge in [0.1, 0.15) is 12.4 Å². The van der Waals surface area contributed by atoms with E-state index in [1.54, 1.807) is 0 Å². The molecule has 0 amide bonds. The molecule has 2 unspecified atom stereocenters. The van der Waals surface area contributed by atoms with E-state index in [2.05, 4.69) is 45.9 Å². The van der Waals surface area contributed by atoms with E-state index in [1.807, 2.05) is 0 Å². The molecule has 2 atom stereocenters. The van der Waals surface area contributed by atoms with E-state index in [0.717, 1.165) is 30.4 Å². The summed E-state index contributed by atoms with van der Waals surface area (Å²) in [6.45, 7) is 9.52. The summed E-state index contributed by atoms with van der Waals surface area (Å²) >= 11 is 0. The number of hydrogen-bond donors (Lipinski definition) is 1. The van der Waals surface area contributed by atoms with Gasteiger partial charge in [0.05, 0.1) is 6.61 Å². The lowest BCUT2D eigenvalue weighted by atomic mass is 9.90. The fraction of sp³-hybridized carbons (Fsp3) is 0.667. The SMILES string of the molecule is CCc1cc(CC(C)CC(C)CC)ccc1OCCO. The molecule has 114 valence electrons. The maximum absolute atomic E-state index is 8.85. The highest BCUT2D eigenvalue weighted by Crippen LogP contribution is 2.24. The van der Waals surface area contributed by atoms with Gasteiger partial charge in [0, 0.05) is 0 Å². The van der Waals surface area contributed by atoms with Gasteiger partial charge in [0.25, 0.3) is 0 Å². The Morgan fingerprint density at radius 1 is 1.15 bits per heavy atom. The van der Waals surface area contributed by atoms with Crippen LogP contribution in [0.5, 0.6) is 5.75 Å². The van der Waals surface area contributed by atoms with Crippen molar-refractivity contribution in [3.63, 3.8) is 0 Å². The molecule has 2 heteroatoms. The zero-order chi connectivity index (χ0) is 15.0. The van der Waals surface area contributed by atoms with Gasteiger partial charge in [0.2, 0.25) is 0 Å². The van der Waals surface area contributed by atoms with Gasteiger partial charge < -0.3 is 9.84 Å². The van der Waals surface area contributed by atoms with Gasteiger partial charge >= 0.3 is 0 Å². The third kappa shape index (κ3) is 5.54. The monoisotopic (exact) mass is 278 g/mol. The average molecular weight is 278 g/mol. The molecule has 0 saturated carbocycles. The summed E-state index contributed by atoms with van der Waals surface area (Å²) in [5.74, 6) is 2.45. The summed E-state index contributed by atoms with van der Waals surface area (Å²) in [6.07, 6.45) is 4.66. The fourth-order valence-corrected chi connectivity index (χ4v) is 2.67. The molecule has 0 spiro atoms. The average Bonchev–Trinajstić information content (AvgIpc) is 2.45. The van der Waals surface area contributed by atoms with Gasteiger partial charge in [-0.05, 0) is 48.3 Å². The summed E-state index contributed by atoms with van der Waals surface area (Å²) in [4.78, 5) is 0. The zero-order valence-corrected chi connectivity index (χ0v) is 13.5. The van der Waals surface area contributed by atoms with Crippen LogP contribution in [0.2, 0.25) is 0 Å². The first-order valence-corrected chi connectivity index (χ1v) is 7.96. The zero-order valence-electron chi connectivity index (χ0n) is 13.5. The number of aliphatic hydroxyl groups excluding tert-OH is 1. The lowest BCUT2D eigenvalue weighted by Gasteiger charge is -2.17. The number of ether oxygens (including phenoxy) is 1. The van der Waals surface area contributed by atoms with E-state index in [0.29, 0.717) is 6.61 Å². The number of aryl methyl sites for hydroxylation is 1. The van der Waals surface area contributed by atoms with E-state index in [4.69, 9.17) is 9.84 Å². The minimum Gasteiger partial charge on any atom is -0.491 e. The molecular formula is C18H30O2. The smallest absolute Gasteiger partial charge is 0.122 e. The van der Waals surface area contributed by atoms with Crippen LogP contribution in [0, 0.1) is 11.8 Å². The van der Waals surface area contributed by atoms with E-state index >= 15 is 0 Å². The molecule has 0 fully saturated rings. The van der Waals surface area contributed by atoms with Crippen LogP contribution in [-0.4, -0.2) is 18.3 Å². The van der Waals surface area contributed by atoms with Crippen molar-refractivity contribution in [3.8, 4) is 5.75 Å². The van der Waals surface area contributed by atoms with Crippen LogP contribution < -0.4 is 4.74 Å². The summed E-state index contributed by atoms with van der Waals surface area (Å²) in [5.41, 5.74) is 2.64. The molecule has 1 N–H and O–H groups in total. The van der Waals surface area contributed by atoms with Crippen LogP contribution in [0.3, 0.4) is 0 Å². The van der Waals surface area contributed by atoms with Gasteiger partial charge in [-0.15, -0.1) is 0 Å². The second kappa shape index (κ2) is 9.02. The molecule has 20 heavy (non-hydrogen) atoms. The first-order valence-electron chi connectivity index (χ1n) is 7.96. The Kier molecular flexibility index (Phi) is 7.68. The maximum atomic E-state index is 8.85. The molecule has 0 radical (unpaired) electrons. The molecular weight excluding hydrogens is 248 g/mol. The highest BCUT2D eigenvalue weighted by Gasteiger charge is 2.10. The van der Waals surface area contributed by atoms with Gasteiger partial charge in [-0.25, -0.2) is 0 Å². The molecule has 1 rings (SSSR count). The van der Waals surface area contributed by atoms with Gasteiger partial charge in [-0.2, -0.15) is 0 Å². The molecule has 2 nitrogen and oxygen atoms in total. The number of rotatable bonds is 9. The summed E-state index contributed by atoms with van der Waals surface area (Å²) in [7, 11) is 0. The van der Waals surface area contributed by atoms with E-state index in [-0.39, 0.29) is 6.61 Å². The lowest BCUT2D eigenvalue weighted by molar-refractivity contribution is 0.200. The predicted molar refractivity (Wildman–Crippen MR) is 85.3 cm³/mol. The molecule has 0 aromatic heterocycles. The van der Waals surface area contributed by atoms with Crippen molar-refractivity contribution >= 4 is 0 Å². The maximum Gasteiger partial charge on any atom is 0.122 e. The van der Waals surface area contributed by atoms with Crippen molar-refractivity contribution in [1.82, 2.24) is 0 Å². The van der Waals surface area contributed by atoms with Crippen LogP contribution in [0.4, 0.5) is 0 Å². The fourth-order valence-electron chi connectivity index (χ4n) is 2.67. The Morgan fingerprint density at radius 2 is 1.90 bits per heavy atom. The third-order valence-corrected chi connectivity index (χ3v) is 3.94. The third-order valence-electron chi connectivity index (χ3n) is 3.94. The lowest BCUT2D eigenvalue weighted by Crippen LogP contribution is -2.07. The molecule has 0 aliphatic carbocycles. The Labute approximate surface area is 124 Å². The molecule has 0 bridgehead atoms. The van der Waals surface area contributed by atoms with Gasteiger partial charge in [-0.1, -0.05) is 46.2 Å². The predicted octanol–water partition coefficient (Wildman–Crippen LogP) is 4.23. The Balaban J connectivity index is 2.67. The highest BCUT2D eigenvalue weighted by atomic mass is 16.5. The quantitative estimate of drug-likeness (QED) is 0.732. The van der Waals surface area contributed by atoms with Crippen LogP contribution in [0.1, 0.15) is 51.7 Å². The Hall–Kier alpha value is -1.02. The second-order valence-corrected chi connectivity index (χ2v) is 5.93. The molecule has 0 aliphatic rings. The van der Waals surface area contributed by atoms with Crippen molar-refractivity contribution in [2.24, 2.45) is 11.8 Å². The van der Waals surface area contributed by atoms with Crippen LogP contribution >= 0.6 is 0 Å². The van der Waals surface area contributed by atoms with Crippen molar-refractivity contribution in [2.75, 3.05) is 13.2 Å². The van der Waals surface area contributed by atoms with Crippen LogP contribution in [0.15, 0.2) is 18.2 Å². The van der Waals surface area contributed by atoms with Crippen LogP contribution in [-0.2, 0) is 12.8 Å². The molecule has 1 aromatic carbocycles. The van der Waals surface area contributed by atoms with Gasteiger partial charge in [-0.3, -0.25) is 0 Å².